The molecule has 0 saturated carbocycles. The molecule has 0 aliphatic carbocycles. The Morgan fingerprint density at radius 3 is 2.60 bits per heavy atom. The lowest BCUT2D eigenvalue weighted by atomic mass is 9.85. The van der Waals surface area contributed by atoms with E-state index in [0.717, 1.165) is 19.5 Å². The predicted octanol–water partition coefficient (Wildman–Crippen LogP) is 4.15. The molecule has 2 heteroatoms. The molecule has 0 saturated heterocycles. The van der Waals surface area contributed by atoms with Gasteiger partial charge in [0.25, 0.3) is 0 Å². The molecule has 0 unspecified atom stereocenters. The van der Waals surface area contributed by atoms with E-state index in [1.165, 1.54) is 33.3 Å². The van der Waals surface area contributed by atoms with E-state index >= 15 is 0 Å². The average Bonchev–Trinajstić information content (AvgIpc) is 2.73. The van der Waals surface area contributed by atoms with Crippen LogP contribution in [0.15, 0.2) is 24.3 Å². The number of aromatic nitrogens is 1. The second-order valence-corrected chi connectivity index (χ2v) is 6.82. The maximum absolute atomic E-state index is 3.54. The van der Waals surface area contributed by atoms with E-state index in [2.05, 4.69) is 62.3 Å². The third kappa shape index (κ3) is 2.29. The molecule has 0 fully saturated rings. The number of aryl methyl sites for hydroxylation is 1. The number of fused-ring (bicyclic) bond motifs is 1. The van der Waals surface area contributed by atoms with Gasteiger partial charge in [-0.2, -0.15) is 0 Å². The van der Waals surface area contributed by atoms with Crippen molar-refractivity contribution >= 4 is 16.5 Å². The molecule has 2 aromatic rings. The number of hydrogen-bond donors (Lipinski definition) is 2. The van der Waals surface area contributed by atoms with Crippen LogP contribution in [0.25, 0.3) is 16.5 Å². The van der Waals surface area contributed by atoms with Gasteiger partial charge in [0.2, 0.25) is 0 Å². The SMILES string of the molecule is Cc1[nH]c2ccc(C(C)(C)C)cc2c1C1=CCNCC1. The molecule has 2 nitrogen and oxygen atoms in total. The van der Waals surface area contributed by atoms with Crippen LogP contribution >= 0.6 is 0 Å². The molecule has 106 valence electrons. The zero-order valence-electron chi connectivity index (χ0n) is 12.9. The van der Waals surface area contributed by atoms with Crippen molar-refractivity contribution in [3.8, 4) is 0 Å². The second-order valence-electron chi connectivity index (χ2n) is 6.82. The maximum atomic E-state index is 3.54. The van der Waals surface area contributed by atoms with Gasteiger partial charge in [-0.25, -0.2) is 0 Å². The Hall–Kier alpha value is -1.54. The van der Waals surface area contributed by atoms with Crippen LogP contribution in [-0.2, 0) is 5.41 Å². The zero-order chi connectivity index (χ0) is 14.3. The highest BCUT2D eigenvalue weighted by atomic mass is 14.9. The van der Waals surface area contributed by atoms with Crippen molar-refractivity contribution in [3.63, 3.8) is 0 Å². The molecule has 0 atom stereocenters. The minimum Gasteiger partial charge on any atom is -0.358 e. The van der Waals surface area contributed by atoms with Gasteiger partial charge in [-0.3, -0.25) is 0 Å². The minimum atomic E-state index is 0.194. The first-order valence-electron chi connectivity index (χ1n) is 7.50. The lowest BCUT2D eigenvalue weighted by molar-refractivity contribution is 0.591. The van der Waals surface area contributed by atoms with Crippen LogP contribution in [-0.4, -0.2) is 18.1 Å². The van der Waals surface area contributed by atoms with Crippen LogP contribution in [0.2, 0.25) is 0 Å². The second kappa shape index (κ2) is 4.78. The van der Waals surface area contributed by atoms with E-state index in [1.54, 1.807) is 0 Å². The molecular weight excluding hydrogens is 244 g/mol. The smallest absolute Gasteiger partial charge is 0.0462 e. The molecule has 0 amide bonds. The molecule has 0 spiro atoms. The van der Waals surface area contributed by atoms with Crippen LogP contribution in [0.1, 0.15) is 44.0 Å². The van der Waals surface area contributed by atoms with E-state index in [-0.39, 0.29) is 5.41 Å². The Labute approximate surface area is 121 Å². The van der Waals surface area contributed by atoms with Crippen LogP contribution in [0.5, 0.6) is 0 Å². The summed E-state index contributed by atoms with van der Waals surface area (Å²) in [6.07, 6.45) is 3.45. The zero-order valence-corrected chi connectivity index (χ0v) is 12.9. The predicted molar refractivity (Wildman–Crippen MR) is 87.2 cm³/mol. The molecule has 2 heterocycles. The number of nitrogens with one attached hydrogen (secondary N) is 2. The summed E-state index contributed by atoms with van der Waals surface area (Å²) in [4.78, 5) is 3.54. The van der Waals surface area contributed by atoms with Gasteiger partial charge >= 0.3 is 0 Å². The van der Waals surface area contributed by atoms with Gasteiger partial charge in [0.1, 0.15) is 0 Å². The van der Waals surface area contributed by atoms with E-state index in [1.807, 2.05) is 0 Å². The highest BCUT2D eigenvalue weighted by molar-refractivity contribution is 5.95. The van der Waals surface area contributed by atoms with Gasteiger partial charge in [0.05, 0.1) is 0 Å². The molecule has 1 aromatic heterocycles. The van der Waals surface area contributed by atoms with Crippen molar-refractivity contribution in [2.24, 2.45) is 0 Å². The van der Waals surface area contributed by atoms with Gasteiger partial charge < -0.3 is 10.3 Å². The van der Waals surface area contributed by atoms with Crippen LogP contribution in [0.4, 0.5) is 0 Å². The topological polar surface area (TPSA) is 27.8 Å². The van der Waals surface area contributed by atoms with Gasteiger partial charge in [-0.1, -0.05) is 32.9 Å². The molecule has 3 rings (SSSR count). The van der Waals surface area contributed by atoms with Crippen LogP contribution in [0, 0.1) is 6.92 Å². The molecule has 1 aliphatic heterocycles. The lowest BCUT2D eigenvalue weighted by Gasteiger charge is -2.20. The van der Waals surface area contributed by atoms with Crippen LogP contribution in [0.3, 0.4) is 0 Å². The van der Waals surface area contributed by atoms with E-state index in [0.29, 0.717) is 0 Å². The van der Waals surface area contributed by atoms with Crippen molar-refractivity contribution in [3.05, 3.63) is 41.1 Å². The maximum Gasteiger partial charge on any atom is 0.0462 e. The summed E-state index contributed by atoms with van der Waals surface area (Å²) in [6.45, 7) is 11.1. The van der Waals surface area contributed by atoms with Gasteiger partial charge in [-0.15, -0.1) is 0 Å². The van der Waals surface area contributed by atoms with E-state index < -0.39 is 0 Å². The Morgan fingerprint density at radius 2 is 1.95 bits per heavy atom. The fourth-order valence-electron chi connectivity index (χ4n) is 3.06. The summed E-state index contributed by atoms with van der Waals surface area (Å²) >= 11 is 0. The quantitative estimate of drug-likeness (QED) is 0.799. The Balaban J connectivity index is 2.20. The number of rotatable bonds is 1. The summed E-state index contributed by atoms with van der Waals surface area (Å²) in [7, 11) is 0. The number of benzene rings is 1. The fraction of sp³-hybridized carbons (Fsp3) is 0.444. The van der Waals surface area contributed by atoms with E-state index in [9.17, 15) is 0 Å². The summed E-state index contributed by atoms with van der Waals surface area (Å²) in [5.41, 5.74) is 7.05. The first-order valence-corrected chi connectivity index (χ1v) is 7.50. The average molecular weight is 268 g/mol. The third-order valence-electron chi connectivity index (χ3n) is 4.24. The van der Waals surface area contributed by atoms with Crippen molar-refractivity contribution < 1.29 is 0 Å². The summed E-state index contributed by atoms with van der Waals surface area (Å²) in [5.74, 6) is 0. The van der Waals surface area contributed by atoms with Crippen molar-refractivity contribution in [1.82, 2.24) is 10.3 Å². The highest BCUT2D eigenvalue weighted by Gasteiger charge is 2.18. The summed E-state index contributed by atoms with van der Waals surface area (Å²) < 4.78 is 0. The number of hydrogen-bond acceptors (Lipinski definition) is 1. The Bertz CT molecular complexity index is 669. The largest absolute Gasteiger partial charge is 0.358 e. The third-order valence-corrected chi connectivity index (χ3v) is 4.24. The molecule has 1 aliphatic rings. The number of H-pyrrole nitrogens is 1. The Kier molecular flexibility index (Phi) is 3.21. The standard InChI is InChI=1S/C18H24N2/c1-12-17(13-7-9-19-10-8-13)15-11-14(18(2,3)4)5-6-16(15)20-12/h5-7,11,19-20H,8-10H2,1-4H3. The first-order chi connectivity index (χ1) is 9.47. The summed E-state index contributed by atoms with van der Waals surface area (Å²) in [6, 6.07) is 6.85. The Morgan fingerprint density at radius 1 is 1.15 bits per heavy atom. The molecule has 2 N–H and O–H groups in total. The van der Waals surface area contributed by atoms with Gasteiger partial charge in [-0.05, 0) is 48.6 Å². The molecular formula is C18H24N2. The lowest BCUT2D eigenvalue weighted by Crippen LogP contribution is -2.20. The molecule has 1 aromatic carbocycles. The monoisotopic (exact) mass is 268 g/mol. The molecule has 0 radical (unpaired) electrons. The summed E-state index contributed by atoms with van der Waals surface area (Å²) in [5, 5.41) is 4.77. The van der Waals surface area contributed by atoms with Crippen molar-refractivity contribution in [1.29, 1.82) is 0 Å². The van der Waals surface area contributed by atoms with Crippen LogP contribution < -0.4 is 5.32 Å². The fourth-order valence-corrected chi connectivity index (χ4v) is 3.06. The van der Waals surface area contributed by atoms with Crippen molar-refractivity contribution in [2.45, 2.75) is 39.5 Å². The minimum absolute atomic E-state index is 0.194. The van der Waals surface area contributed by atoms with Gasteiger partial charge in [0, 0.05) is 28.7 Å². The van der Waals surface area contributed by atoms with Gasteiger partial charge in [0.15, 0.2) is 0 Å². The van der Waals surface area contributed by atoms with E-state index in [4.69, 9.17) is 0 Å². The molecule has 0 bridgehead atoms. The highest BCUT2D eigenvalue weighted by Crippen LogP contribution is 2.34. The molecule has 20 heavy (non-hydrogen) atoms. The van der Waals surface area contributed by atoms with Crippen molar-refractivity contribution in [2.75, 3.05) is 13.1 Å². The number of aromatic amines is 1. The normalized spacial score (nSPS) is 16.5. The first kappa shape index (κ1) is 13.4.